The van der Waals surface area contributed by atoms with Crippen molar-refractivity contribution in [2.75, 3.05) is 14.2 Å². The molecule has 0 saturated carbocycles. The molecule has 0 amide bonds. The molecule has 5 heteroatoms. The van der Waals surface area contributed by atoms with Crippen LogP contribution in [0.3, 0.4) is 0 Å². The number of rotatable bonds is 8. The van der Waals surface area contributed by atoms with Gasteiger partial charge in [-0.15, -0.1) is 0 Å². The lowest BCUT2D eigenvalue weighted by atomic mass is 10.0. The highest BCUT2D eigenvalue weighted by Gasteiger charge is 2.49. The van der Waals surface area contributed by atoms with Gasteiger partial charge >= 0.3 is 7.60 Å². The third kappa shape index (κ3) is 3.56. The molecule has 0 aliphatic carbocycles. The van der Waals surface area contributed by atoms with Gasteiger partial charge < -0.3 is 9.05 Å². The summed E-state index contributed by atoms with van der Waals surface area (Å²) in [6, 6.07) is 19.7. The molecular formula is C18H24NO3P. The summed E-state index contributed by atoms with van der Waals surface area (Å²) in [5, 5.41) is 2.55. The smallest absolute Gasteiger partial charge is 0.310 e. The van der Waals surface area contributed by atoms with Crippen molar-refractivity contribution in [3.63, 3.8) is 0 Å². The van der Waals surface area contributed by atoms with Crippen LogP contribution in [0.25, 0.3) is 0 Å². The van der Waals surface area contributed by atoms with Crippen molar-refractivity contribution < 1.29 is 13.6 Å². The van der Waals surface area contributed by atoms with Crippen LogP contribution in [-0.4, -0.2) is 14.2 Å². The fourth-order valence-corrected chi connectivity index (χ4v) is 4.72. The van der Waals surface area contributed by atoms with E-state index in [2.05, 4.69) is 5.32 Å². The van der Waals surface area contributed by atoms with E-state index in [0.717, 1.165) is 11.1 Å². The molecule has 1 N–H and O–H groups in total. The summed E-state index contributed by atoms with van der Waals surface area (Å²) in [5.41, 5.74) is 2.01. The van der Waals surface area contributed by atoms with Crippen molar-refractivity contribution in [2.45, 2.75) is 25.2 Å². The van der Waals surface area contributed by atoms with Gasteiger partial charge in [0.2, 0.25) is 0 Å². The van der Waals surface area contributed by atoms with Gasteiger partial charge in [0.15, 0.2) is 0 Å². The first kappa shape index (κ1) is 17.9. The van der Waals surface area contributed by atoms with Gasteiger partial charge in [0.25, 0.3) is 0 Å². The van der Waals surface area contributed by atoms with E-state index >= 15 is 0 Å². The van der Waals surface area contributed by atoms with Gasteiger partial charge in [0.1, 0.15) is 5.28 Å². The van der Waals surface area contributed by atoms with Crippen LogP contribution in [0.2, 0.25) is 0 Å². The highest BCUT2D eigenvalue weighted by molar-refractivity contribution is 7.55. The summed E-state index contributed by atoms with van der Waals surface area (Å²) >= 11 is 0. The SMILES string of the molecule is CCC(NCc1ccccc1)(c1ccccc1)P(=O)(OC)OC. The van der Waals surface area contributed by atoms with Crippen molar-refractivity contribution in [1.29, 1.82) is 0 Å². The Kier molecular flexibility index (Phi) is 6.14. The molecule has 124 valence electrons. The van der Waals surface area contributed by atoms with Crippen LogP contribution in [-0.2, 0) is 25.4 Å². The first-order valence-electron chi connectivity index (χ1n) is 7.68. The molecule has 2 rings (SSSR count). The van der Waals surface area contributed by atoms with E-state index in [0.29, 0.717) is 13.0 Å². The lowest BCUT2D eigenvalue weighted by Gasteiger charge is -2.38. The Bertz CT molecular complexity index is 640. The van der Waals surface area contributed by atoms with Crippen LogP contribution < -0.4 is 5.32 Å². The van der Waals surface area contributed by atoms with Gasteiger partial charge in [-0.05, 0) is 17.5 Å². The number of nitrogens with one attached hydrogen (secondary N) is 1. The van der Waals surface area contributed by atoms with Crippen LogP contribution in [0.15, 0.2) is 60.7 Å². The third-order valence-electron chi connectivity index (χ3n) is 4.14. The Morgan fingerprint density at radius 3 is 1.96 bits per heavy atom. The topological polar surface area (TPSA) is 47.6 Å². The summed E-state index contributed by atoms with van der Waals surface area (Å²) < 4.78 is 24.0. The van der Waals surface area contributed by atoms with E-state index in [-0.39, 0.29) is 0 Å². The summed E-state index contributed by atoms with van der Waals surface area (Å²) in [7, 11) is -0.528. The predicted octanol–water partition coefficient (Wildman–Crippen LogP) is 4.53. The van der Waals surface area contributed by atoms with Crippen LogP contribution in [0, 0.1) is 0 Å². The van der Waals surface area contributed by atoms with Crippen molar-refractivity contribution in [1.82, 2.24) is 5.32 Å². The second-order valence-corrected chi connectivity index (χ2v) is 7.77. The molecule has 2 aromatic rings. The fraction of sp³-hybridized carbons (Fsp3) is 0.333. The second-order valence-electron chi connectivity index (χ2n) is 5.28. The summed E-state index contributed by atoms with van der Waals surface area (Å²) in [6.45, 7) is 2.55. The molecule has 0 aromatic heterocycles. The standard InChI is InChI=1S/C18H24NO3P/c1-4-18(23(20,21-2)22-3,17-13-9-6-10-14-17)19-15-16-11-7-5-8-12-16/h5-14,19H,4,15H2,1-3H3. The summed E-state index contributed by atoms with van der Waals surface area (Å²) in [5.74, 6) is 0. The molecule has 23 heavy (non-hydrogen) atoms. The van der Waals surface area contributed by atoms with E-state index in [1.807, 2.05) is 67.6 Å². The molecule has 2 aromatic carbocycles. The average molecular weight is 333 g/mol. The zero-order valence-electron chi connectivity index (χ0n) is 13.9. The molecule has 0 heterocycles. The van der Waals surface area contributed by atoms with Gasteiger partial charge in [-0.25, -0.2) is 0 Å². The van der Waals surface area contributed by atoms with Crippen molar-refractivity contribution in [3.05, 3.63) is 71.8 Å². The van der Waals surface area contributed by atoms with E-state index in [1.54, 1.807) is 0 Å². The zero-order chi connectivity index (χ0) is 16.8. The quantitative estimate of drug-likeness (QED) is 0.721. The Labute approximate surface area is 138 Å². The molecule has 0 fully saturated rings. The minimum atomic E-state index is -3.39. The highest BCUT2D eigenvalue weighted by Crippen LogP contribution is 2.64. The largest absolute Gasteiger partial charge is 0.354 e. The molecule has 0 radical (unpaired) electrons. The van der Waals surface area contributed by atoms with Gasteiger partial charge in [0, 0.05) is 20.8 Å². The minimum absolute atomic E-state index is 0.570. The maximum Gasteiger partial charge on any atom is 0.354 e. The van der Waals surface area contributed by atoms with Gasteiger partial charge in [-0.2, -0.15) is 0 Å². The van der Waals surface area contributed by atoms with Crippen LogP contribution in [0.5, 0.6) is 0 Å². The summed E-state index contributed by atoms with van der Waals surface area (Å²) in [4.78, 5) is 0. The molecule has 4 nitrogen and oxygen atoms in total. The maximum atomic E-state index is 13.3. The van der Waals surface area contributed by atoms with E-state index in [4.69, 9.17) is 9.05 Å². The van der Waals surface area contributed by atoms with E-state index in [9.17, 15) is 4.57 Å². The van der Waals surface area contributed by atoms with Crippen molar-refractivity contribution in [3.8, 4) is 0 Å². The normalized spacial score (nSPS) is 14.4. The second kappa shape index (κ2) is 7.89. The van der Waals surface area contributed by atoms with Gasteiger partial charge in [-0.1, -0.05) is 67.6 Å². The lowest BCUT2D eigenvalue weighted by Crippen LogP contribution is -2.42. The number of benzene rings is 2. The van der Waals surface area contributed by atoms with E-state index in [1.165, 1.54) is 14.2 Å². The number of hydrogen-bond donors (Lipinski definition) is 1. The Balaban J connectivity index is 2.44. The minimum Gasteiger partial charge on any atom is -0.310 e. The molecule has 1 atom stereocenters. The average Bonchev–Trinajstić information content (AvgIpc) is 2.64. The summed E-state index contributed by atoms with van der Waals surface area (Å²) in [6.07, 6.45) is 0.572. The molecule has 0 aliphatic heterocycles. The Morgan fingerprint density at radius 2 is 1.48 bits per heavy atom. The number of hydrogen-bond acceptors (Lipinski definition) is 4. The van der Waals surface area contributed by atoms with Crippen LogP contribution in [0.1, 0.15) is 24.5 Å². The van der Waals surface area contributed by atoms with Gasteiger partial charge in [-0.3, -0.25) is 9.88 Å². The molecule has 1 unspecified atom stereocenters. The highest BCUT2D eigenvalue weighted by atomic mass is 31.2. The molecule has 0 saturated heterocycles. The van der Waals surface area contributed by atoms with Crippen molar-refractivity contribution in [2.24, 2.45) is 0 Å². The predicted molar refractivity (Wildman–Crippen MR) is 93.3 cm³/mol. The van der Waals surface area contributed by atoms with Crippen LogP contribution in [0.4, 0.5) is 0 Å². The van der Waals surface area contributed by atoms with Crippen molar-refractivity contribution >= 4 is 7.60 Å². The van der Waals surface area contributed by atoms with Gasteiger partial charge in [0.05, 0.1) is 0 Å². The molecule has 0 bridgehead atoms. The Hall–Kier alpha value is -1.45. The Morgan fingerprint density at radius 1 is 0.957 bits per heavy atom. The first-order chi connectivity index (χ1) is 11.1. The zero-order valence-corrected chi connectivity index (χ0v) is 14.8. The van der Waals surface area contributed by atoms with Crippen LogP contribution >= 0.6 is 7.60 Å². The lowest BCUT2D eigenvalue weighted by molar-refractivity contribution is 0.225. The maximum absolute atomic E-state index is 13.3. The molecule has 0 spiro atoms. The molecule has 0 aliphatic rings. The molecular weight excluding hydrogens is 309 g/mol. The monoisotopic (exact) mass is 333 g/mol. The van der Waals surface area contributed by atoms with E-state index < -0.39 is 12.9 Å². The third-order valence-corrected chi connectivity index (χ3v) is 6.77. The fourth-order valence-electron chi connectivity index (χ4n) is 2.82. The first-order valence-corrected chi connectivity index (χ1v) is 9.22.